The zero-order valence-corrected chi connectivity index (χ0v) is 12.1. The molecule has 0 fully saturated rings. The van der Waals surface area contributed by atoms with Gasteiger partial charge in [0.05, 0.1) is 4.90 Å². The molecular formula is C13H19NO4S. The lowest BCUT2D eigenvalue weighted by Crippen LogP contribution is -2.40. The lowest BCUT2D eigenvalue weighted by Gasteiger charge is -2.15. The average molecular weight is 285 g/mol. The Kier molecular flexibility index (Phi) is 5.08. The maximum absolute atomic E-state index is 12.2. The number of sulfonamides is 1. The molecule has 1 aromatic rings. The second-order valence-electron chi connectivity index (χ2n) is 4.57. The van der Waals surface area contributed by atoms with Crippen molar-refractivity contribution >= 4 is 16.0 Å². The first kappa shape index (κ1) is 15.7. The highest BCUT2D eigenvalue weighted by Crippen LogP contribution is 2.17. The van der Waals surface area contributed by atoms with Crippen molar-refractivity contribution in [3.05, 3.63) is 29.3 Å². The summed E-state index contributed by atoms with van der Waals surface area (Å²) in [6.07, 6.45) is 0.853. The molecule has 5 nitrogen and oxygen atoms in total. The highest BCUT2D eigenvalue weighted by atomic mass is 32.2. The number of carboxylic acid groups (broad SMARTS) is 1. The first-order valence-corrected chi connectivity index (χ1v) is 7.58. The van der Waals surface area contributed by atoms with Gasteiger partial charge in [-0.15, -0.1) is 0 Å². The number of carbonyl (C=O) groups is 1. The van der Waals surface area contributed by atoms with Crippen LogP contribution in [0.4, 0.5) is 0 Å². The van der Waals surface area contributed by atoms with E-state index in [9.17, 15) is 13.2 Å². The maximum Gasteiger partial charge on any atom is 0.321 e. The van der Waals surface area contributed by atoms with Gasteiger partial charge in [-0.2, -0.15) is 4.72 Å². The number of carboxylic acids is 1. The second kappa shape index (κ2) is 6.16. The van der Waals surface area contributed by atoms with E-state index in [1.54, 1.807) is 26.0 Å². The molecule has 0 aliphatic carbocycles. The van der Waals surface area contributed by atoms with Crippen LogP contribution >= 0.6 is 0 Å². The second-order valence-corrected chi connectivity index (χ2v) is 6.25. The molecule has 0 aliphatic rings. The Morgan fingerprint density at radius 1 is 1.37 bits per heavy atom. The molecule has 1 aromatic carbocycles. The molecule has 0 saturated carbocycles. The fraction of sp³-hybridized carbons (Fsp3) is 0.462. The number of hydrogen-bond acceptors (Lipinski definition) is 3. The summed E-state index contributed by atoms with van der Waals surface area (Å²) in [7, 11) is -3.80. The van der Waals surface area contributed by atoms with Crippen LogP contribution in [-0.2, 0) is 14.8 Å². The topological polar surface area (TPSA) is 83.5 Å². The molecule has 0 aromatic heterocycles. The van der Waals surface area contributed by atoms with Crippen molar-refractivity contribution in [1.29, 1.82) is 0 Å². The van der Waals surface area contributed by atoms with Gasteiger partial charge in [0, 0.05) is 0 Å². The van der Waals surface area contributed by atoms with Crippen LogP contribution in [0.2, 0.25) is 0 Å². The Bertz CT molecular complexity index is 566. The highest BCUT2D eigenvalue weighted by Gasteiger charge is 2.25. The number of benzene rings is 1. The van der Waals surface area contributed by atoms with Gasteiger partial charge in [-0.3, -0.25) is 4.79 Å². The Labute approximate surface area is 113 Å². The number of hydrogen-bond donors (Lipinski definition) is 2. The van der Waals surface area contributed by atoms with Gasteiger partial charge >= 0.3 is 5.97 Å². The van der Waals surface area contributed by atoms with Crippen LogP contribution in [0.1, 0.15) is 30.9 Å². The third kappa shape index (κ3) is 4.04. The Hall–Kier alpha value is -1.40. The predicted molar refractivity (Wildman–Crippen MR) is 72.6 cm³/mol. The summed E-state index contributed by atoms with van der Waals surface area (Å²) in [5.74, 6) is -1.16. The fourth-order valence-electron chi connectivity index (χ4n) is 1.87. The summed E-state index contributed by atoms with van der Waals surface area (Å²) >= 11 is 0. The van der Waals surface area contributed by atoms with Crippen molar-refractivity contribution in [3.8, 4) is 0 Å². The summed E-state index contributed by atoms with van der Waals surface area (Å²) < 4.78 is 26.6. The molecule has 106 valence electrons. The van der Waals surface area contributed by atoms with E-state index in [1.165, 1.54) is 6.07 Å². The molecule has 6 heteroatoms. The van der Waals surface area contributed by atoms with Gasteiger partial charge in [-0.25, -0.2) is 8.42 Å². The minimum absolute atomic E-state index is 0.125. The Morgan fingerprint density at radius 2 is 2.00 bits per heavy atom. The van der Waals surface area contributed by atoms with E-state index in [0.717, 1.165) is 5.56 Å². The van der Waals surface area contributed by atoms with Crippen LogP contribution in [0, 0.1) is 13.8 Å². The number of nitrogens with one attached hydrogen (secondary N) is 1. The van der Waals surface area contributed by atoms with Gasteiger partial charge in [0.25, 0.3) is 0 Å². The fourth-order valence-corrected chi connectivity index (χ4v) is 3.32. The molecule has 1 atom stereocenters. The van der Waals surface area contributed by atoms with Crippen molar-refractivity contribution in [1.82, 2.24) is 4.72 Å². The first-order valence-electron chi connectivity index (χ1n) is 6.10. The standard InChI is InChI=1S/C13H19NO4S/c1-4-5-11(13(15)16)14-19(17,18)12-7-6-9(2)8-10(12)3/h6-8,11,14H,4-5H2,1-3H3,(H,15,16)/t11-/m0/s1. The molecular weight excluding hydrogens is 266 g/mol. The summed E-state index contributed by atoms with van der Waals surface area (Å²) in [4.78, 5) is 11.1. The predicted octanol–water partition coefficient (Wildman–Crippen LogP) is 1.84. The lowest BCUT2D eigenvalue weighted by atomic mass is 10.2. The third-order valence-corrected chi connectivity index (χ3v) is 4.42. The van der Waals surface area contributed by atoms with Gasteiger partial charge in [0.2, 0.25) is 10.0 Å². The van der Waals surface area contributed by atoms with Crippen molar-refractivity contribution in [2.24, 2.45) is 0 Å². The normalized spacial score (nSPS) is 13.2. The van der Waals surface area contributed by atoms with Crippen molar-refractivity contribution in [2.45, 2.75) is 44.6 Å². The van der Waals surface area contributed by atoms with Crippen LogP contribution in [-0.4, -0.2) is 25.5 Å². The smallest absolute Gasteiger partial charge is 0.321 e. The van der Waals surface area contributed by atoms with E-state index in [1.807, 2.05) is 6.92 Å². The van der Waals surface area contributed by atoms with Gasteiger partial charge in [-0.05, 0) is 31.9 Å². The van der Waals surface area contributed by atoms with E-state index < -0.39 is 22.0 Å². The molecule has 0 heterocycles. The third-order valence-electron chi connectivity index (χ3n) is 2.79. The summed E-state index contributed by atoms with van der Waals surface area (Å²) in [5.41, 5.74) is 1.56. The zero-order valence-electron chi connectivity index (χ0n) is 11.3. The first-order chi connectivity index (χ1) is 8.77. The largest absolute Gasteiger partial charge is 0.480 e. The molecule has 0 amide bonds. The highest BCUT2D eigenvalue weighted by molar-refractivity contribution is 7.89. The van der Waals surface area contributed by atoms with E-state index in [4.69, 9.17) is 5.11 Å². The molecule has 0 spiro atoms. The molecule has 0 unspecified atom stereocenters. The van der Waals surface area contributed by atoms with Gasteiger partial charge in [0.1, 0.15) is 6.04 Å². The van der Waals surface area contributed by atoms with Crippen LogP contribution in [0.3, 0.4) is 0 Å². The summed E-state index contributed by atoms with van der Waals surface area (Å²) in [5, 5.41) is 9.00. The average Bonchev–Trinajstić information content (AvgIpc) is 2.27. The van der Waals surface area contributed by atoms with E-state index in [-0.39, 0.29) is 11.3 Å². The van der Waals surface area contributed by atoms with E-state index in [0.29, 0.717) is 12.0 Å². The van der Waals surface area contributed by atoms with E-state index >= 15 is 0 Å². The minimum Gasteiger partial charge on any atom is -0.480 e. The van der Waals surface area contributed by atoms with Crippen molar-refractivity contribution < 1.29 is 18.3 Å². The lowest BCUT2D eigenvalue weighted by molar-refractivity contribution is -0.139. The molecule has 0 aliphatic heterocycles. The number of aliphatic carboxylic acids is 1. The molecule has 19 heavy (non-hydrogen) atoms. The summed E-state index contributed by atoms with van der Waals surface area (Å²) in [6.45, 7) is 5.37. The monoisotopic (exact) mass is 285 g/mol. The van der Waals surface area contributed by atoms with Crippen molar-refractivity contribution in [3.63, 3.8) is 0 Å². The Balaban J connectivity index is 3.06. The molecule has 1 rings (SSSR count). The van der Waals surface area contributed by atoms with Crippen LogP contribution in [0.5, 0.6) is 0 Å². The van der Waals surface area contributed by atoms with Gasteiger partial charge in [0.15, 0.2) is 0 Å². The summed E-state index contributed by atoms with van der Waals surface area (Å²) in [6, 6.07) is 3.86. The molecule has 0 radical (unpaired) electrons. The number of rotatable bonds is 6. The zero-order chi connectivity index (χ0) is 14.6. The molecule has 2 N–H and O–H groups in total. The van der Waals surface area contributed by atoms with Crippen LogP contribution in [0.15, 0.2) is 23.1 Å². The van der Waals surface area contributed by atoms with Gasteiger partial charge in [-0.1, -0.05) is 31.0 Å². The molecule has 0 bridgehead atoms. The van der Waals surface area contributed by atoms with Crippen molar-refractivity contribution in [2.75, 3.05) is 0 Å². The SMILES string of the molecule is CCC[C@H](NS(=O)(=O)c1ccc(C)cc1C)C(=O)O. The Morgan fingerprint density at radius 3 is 2.47 bits per heavy atom. The van der Waals surface area contributed by atoms with E-state index in [2.05, 4.69) is 4.72 Å². The number of aryl methyl sites for hydroxylation is 2. The van der Waals surface area contributed by atoms with Gasteiger partial charge < -0.3 is 5.11 Å². The minimum atomic E-state index is -3.80. The molecule has 0 saturated heterocycles. The quantitative estimate of drug-likeness (QED) is 0.835. The maximum atomic E-state index is 12.2. The van der Waals surface area contributed by atoms with Crippen LogP contribution in [0.25, 0.3) is 0 Å². The van der Waals surface area contributed by atoms with Crippen LogP contribution < -0.4 is 4.72 Å².